The molecule has 4 rings (SSSR count). The Balaban J connectivity index is 1.68. The average Bonchev–Trinajstić information content (AvgIpc) is 3.17. The van der Waals surface area contributed by atoms with Gasteiger partial charge in [-0.2, -0.15) is 0 Å². The van der Waals surface area contributed by atoms with Crippen LogP contribution in [-0.2, 0) is 4.79 Å². The van der Waals surface area contributed by atoms with Gasteiger partial charge in [-0.25, -0.2) is 0 Å². The number of amides is 1. The fourth-order valence-electron chi connectivity index (χ4n) is 2.35. The summed E-state index contributed by atoms with van der Waals surface area (Å²) in [6.45, 7) is 0. The molecule has 3 heterocycles. The highest BCUT2D eigenvalue weighted by Crippen LogP contribution is 2.34. The number of rotatable bonds is 2. The van der Waals surface area contributed by atoms with Crippen LogP contribution in [0.25, 0.3) is 28.6 Å². The maximum Gasteiger partial charge on any atom is 0.266 e. The van der Waals surface area contributed by atoms with Crippen LogP contribution in [0.4, 0.5) is 0 Å². The van der Waals surface area contributed by atoms with Crippen LogP contribution >= 0.6 is 24.0 Å². The minimum atomic E-state index is -0.113. The highest BCUT2D eigenvalue weighted by atomic mass is 32.2. The Hall–Kier alpha value is -2.31. The smallest absolute Gasteiger partial charge is 0.266 e. The molecule has 0 saturated carbocycles. The molecule has 6 heteroatoms. The predicted octanol–water partition coefficient (Wildman–Crippen LogP) is 4.52. The van der Waals surface area contributed by atoms with E-state index in [9.17, 15) is 4.79 Å². The first kappa shape index (κ1) is 14.3. The van der Waals surface area contributed by atoms with E-state index in [-0.39, 0.29) is 5.91 Å². The standard InChI is InChI=1S/C17H11NO3S2/c1-18-16(19)15(23-17(18)22)8-11-7-13-14(20-11)9-12(21-13)10-5-3-2-4-6-10/h2-9H,1H3/b15-8+. The van der Waals surface area contributed by atoms with Crippen LogP contribution in [0.2, 0.25) is 0 Å². The van der Waals surface area contributed by atoms with E-state index >= 15 is 0 Å². The Bertz CT molecular complexity index is 921. The van der Waals surface area contributed by atoms with Crippen molar-refractivity contribution in [3.63, 3.8) is 0 Å². The van der Waals surface area contributed by atoms with E-state index in [4.69, 9.17) is 21.1 Å². The van der Waals surface area contributed by atoms with Crippen molar-refractivity contribution < 1.29 is 13.6 Å². The molecule has 1 amide bonds. The van der Waals surface area contributed by atoms with Crippen molar-refractivity contribution in [3.05, 3.63) is 53.1 Å². The molecule has 0 aliphatic carbocycles. The monoisotopic (exact) mass is 341 g/mol. The minimum Gasteiger partial charge on any atom is -0.453 e. The van der Waals surface area contributed by atoms with Crippen LogP contribution in [0.5, 0.6) is 0 Å². The fourth-order valence-corrected chi connectivity index (χ4v) is 3.50. The molecule has 0 unspecified atom stereocenters. The Morgan fingerprint density at radius 2 is 1.87 bits per heavy atom. The molecule has 23 heavy (non-hydrogen) atoms. The molecule has 1 fully saturated rings. The van der Waals surface area contributed by atoms with E-state index in [0.717, 1.165) is 11.3 Å². The van der Waals surface area contributed by atoms with Crippen molar-refractivity contribution in [1.82, 2.24) is 4.90 Å². The number of nitrogens with zero attached hydrogens (tertiary/aromatic N) is 1. The normalized spacial score (nSPS) is 16.9. The number of carbonyl (C=O) groups excluding carboxylic acids is 1. The first-order valence-corrected chi connectivity index (χ1v) is 8.14. The summed E-state index contributed by atoms with van der Waals surface area (Å²) >= 11 is 6.38. The van der Waals surface area contributed by atoms with E-state index in [2.05, 4.69) is 0 Å². The number of carbonyl (C=O) groups is 1. The molecule has 1 aromatic carbocycles. The van der Waals surface area contributed by atoms with E-state index in [1.54, 1.807) is 19.2 Å². The zero-order chi connectivity index (χ0) is 16.0. The van der Waals surface area contributed by atoms with Crippen LogP contribution < -0.4 is 0 Å². The van der Waals surface area contributed by atoms with Crippen molar-refractivity contribution in [2.75, 3.05) is 7.05 Å². The second kappa shape index (κ2) is 5.40. The maximum absolute atomic E-state index is 12.0. The molecule has 1 saturated heterocycles. The number of hydrogen-bond donors (Lipinski definition) is 0. The number of thiocarbonyl (C=S) groups is 1. The summed E-state index contributed by atoms with van der Waals surface area (Å²) in [4.78, 5) is 14.0. The Morgan fingerprint density at radius 1 is 1.13 bits per heavy atom. The van der Waals surface area contributed by atoms with Gasteiger partial charge >= 0.3 is 0 Å². The van der Waals surface area contributed by atoms with Crippen LogP contribution in [0.15, 0.2) is 56.2 Å². The third-order valence-corrected chi connectivity index (χ3v) is 5.03. The van der Waals surface area contributed by atoms with Crippen LogP contribution in [0.1, 0.15) is 5.76 Å². The van der Waals surface area contributed by atoms with Gasteiger partial charge in [0.05, 0.1) is 4.91 Å². The average molecular weight is 341 g/mol. The first-order valence-electron chi connectivity index (χ1n) is 6.92. The van der Waals surface area contributed by atoms with Gasteiger partial charge in [-0.1, -0.05) is 54.3 Å². The van der Waals surface area contributed by atoms with Gasteiger partial charge in [0.2, 0.25) is 0 Å². The topological polar surface area (TPSA) is 46.6 Å². The van der Waals surface area contributed by atoms with Crippen molar-refractivity contribution >= 4 is 51.4 Å². The Morgan fingerprint density at radius 3 is 2.52 bits per heavy atom. The van der Waals surface area contributed by atoms with Gasteiger partial charge in [0.25, 0.3) is 5.91 Å². The SMILES string of the molecule is CN1C(=O)/C(=C\c2cc3oc(-c4ccccc4)cc3o2)SC1=S. The molecule has 0 bridgehead atoms. The lowest BCUT2D eigenvalue weighted by molar-refractivity contribution is -0.121. The third kappa shape index (κ3) is 2.50. The van der Waals surface area contributed by atoms with Gasteiger partial charge < -0.3 is 8.83 Å². The molecule has 3 aromatic rings. The third-order valence-electron chi connectivity index (χ3n) is 3.54. The largest absolute Gasteiger partial charge is 0.453 e. The van der Waals surface area contributed by atoms with Crippen molar-refractivity contribution in [2.45, 2.75) is 0 Å². The number of hydrogen-bond acceptors (Lipinski definition) is 5. The summed E-state index contributed by atoms with van der Waals surface area (Å²) in [6.07, 6.45) is 1.69. The van der Waals surface area contributed by atoms with Gasteiger partial charge in [0.1, 0.15) is 15.8 Å². The van der Waals surface area contributed by atoms with Crippen molar-refractivity contribution in [3.8, 4) is 11.3 Å². The van der Waals surface area contributed by atoms with E-state index in [1.165, 1.54) is 16.7 Å². The molecule has 1 aliphatic rings. The molecule has 0 spiro atoms. The van der Waals surface area contributed by atoms with Gasteiger partial charge in [0, 0.05) is 30.8 Å². The van der Waals surface area contributed by atoms with Crippen LogP contribution in [0, 0.1) is 0 Å². The molecule has 4 nitrogen and oxygen atoms in total. The summed E-state index contributed by atoms with van der Waals surface area (Å²) in [5.41, 5.74) is 2.30. The number of furan rings is 2. The lowest BCUT2D eigenvalue weighted by Crippen LogP contribution is -2.22. The molecular weight excluding hydrogens is 330 g/mol. The van der Waals surface area contributed by atoms with Gasteiger partial charge in [-0.3, -0.25) is 9.69 Å². The minimum absolute atomic E-state index is 0.113. The highest BCUT2D eigenvalue weighted by Gasteiger charge is 2.29. The number of thioether (sulfide) groups is 1. The lowest BCUT2D eigenvalue weighted by Gasteiger charge is -2.03. The summed E-state index contributed by atoms with van der Waals surface area (Å²) in [7, 11) is 1.67. The Kier molecular flexibility index (Phi) is 3.36. The molecule has 2 aromatic heterocycles. The second-order valence-corrected chi connectivity index (χ2v) is 6.77. The zero-order valence-electron chi connectivity index (χ0n) is 12.1. The second-order valence-electron chi connectivity index (χ2n) is 5.09. The predicted molar refractivity (Wildman–Crippen MR) is 94.9 cm³/mol. The lowest BCUT2D eigenvalue weighted by atomic mass is 10.2. The molecule has 0 N–H and O–H groups in total. The van der Waals surface area contributed by atoms with E-state index in [1.807, 2.05) is 36.4 Å². The van der Waals surface area contributed by atoms with Crippen molar-refractivity contribution in [1.29, 1.82) is 0 Å². The highest BCUT2D eigenvalue weighted by molar-refractivity contribution is 8.26. The van der Waals surface area contributed by atoms with Crippen LogP contribution in [-0.4, -0.2) is 22.2 Å². The number of likely N-dealkylation sites (N-methyl/N-ethyl adjacent to an activating group) is 1. The van der Waals surface area contributed by atoms with Crippen LogP contribution in [0.3, 0.4) is 0 Å². The summed E-state index contributed by atoms with van der Waals surface area (Å²) in [5.74, 6) is 1.22. The number of fused-ring (bicyclic) bond motifs is 1. The fraction of sp³-hybridized carbons (Fsp3) is 0.0588. The van der Waals surface area contributed by atoms with Gasteiger partial charge in [0.15, 0.2) is 11.2 Å². The molecule has 0 radical (unpaired) electrons. The summed E-state index contributed by atoms with van der Waals surface area (Å²) in [6, 6.07) is 13.5. The van der Waals surface area contributed by atoms with E-state index < -0.39 is 0 Å². The molecule has 0 atom stereocenters. The van der Waals surface area contributed by atoms with Gasteiger partial charge in [-0.15, -0.1) is 0 Å². The maximum atomic E-state index is 12.0. The zero-order valence-corrected chi connectivity index (χ0v) is 13.7. The first-order chi connectivity index (χ1) is 11.1. The van der Waals surface area contributed by atoms with E-state index in [0.29, 0.717) is 26.2 Å². The summed E-state index contributed by atoms with van der Waals surface area (Å²) in [5, 5.41) is 0. The number of benzene rings is 1. The summed E-state index contributed by atoms with van der Waals surface area (Å²) < 4.78 is 12.1. The quantitative estimate of drug-likeness (QED) is 0.506. The molecular formula is C17H11NO3S2. The molecule has 1 aliphatic heterocycles. The van der Waals surface area contributed by atoms with Gasteiger partial charge in [-0.05, 0) is 0 Å². The molecule has 114 valence electrons. The Labute approximate surface area is 141 Å². The van der Waals surface area contributed by atoms with Crippen molar-refractivity contribution in [2.24, 2.45) is 0 Å².